The van der Waals surface area contributed by atoms with E-state index in [0.717, 1.165) is 12.5 Å². The summed E-state index contributed by atoms with van der Waals surface area (Å²) in [6.07, 6.45) is 5.19. The van der Waals surface area contributed by atoms with E-state index in [4.69, 9.17) is 0 Å². The molecule has 1 unspecified atom stereocenters. The zero-order valence-electron chi connectivity index (χ0n) is 14.5. The summed E-state index contributed by atoms with van der Waals surface area (Å²) in [7, 11) is 0. The van der Waals surface area contributed by atoms with E-state index in [1.807, 2.05) is 0 Å². The molecule has 2 aliphatic rings. The van der Waals surface area contributed by atoms with Gasteiger partial charge in [-0.15, -0.1) is 0 Å². The fourth-order valence-corrected chi connectivity index (χ4v) is 4.39. The van der Waals surface area contributed by atoms with Crippen LogP contribution in [0.3, 0.4) is 0 Å². The minimum atomic E-state index is 0.587. The van der Waals surface area contributed by atoms with Crippen LogP contribution in [0.15, 0.2) is 54.6 Å². The molecule has 2 aromatic carbocycles. The summed E-state index contributed by atoms with van der Waals surface area (Å²) in [5.41, 5.74) is 4.61. The summed E-state index contributed by atoms with van der Waals surface area (Å²) in [4.78, 5) is 2.61. The molecule has 2 aromatic rings. The van der Waals surface area contributed by atoms with Gasteiger partial charge in [0.25, 0.3) is 0 Å². The molecule has 0 aromatic heterocycles. The van der Waals surface area contributed by atoms with Crippen molar-refractivity contribution in [3.8, 4) is 0 Å². The smallest absolute Gasteiger partial charge is 0.0323 e. The Hall–Kier alpha value is -1.64. The van der Waals surface area contributed by atoms with Crippen molar-refractivity contribution in [3.05, 3.63) is 71.3 Å². The Balaban J connectivity index is 1.41. The second kappa shape index (κ2) is 7.50. The summed E-state index contributed by atoms with van der Waals surface area (Å²) in [6, 6.07) is 20.6. The predicted octanol–water partition coefficient (Wildman–Crippen LogP) is 4.49. The van der Waals surface area contributed by atoms with Gasteiger partial charge in [0.1, 0.15) is 0 Å². The van der Waals surface area contributed by atoms with Gasteiger partial charge in [0, 0.05) is 12.6 Å². The maximum Gasteiger partial charge on any atom is 0.0323 e. The molecule has 0 amide bonds. The standard InChI is InChI=1S/C22H28N2/c1-2-7-18(8-3-1)17-24-15-12-19(13-16-24)20-9-4-5-10-21(20)22-11-6-14-23-22/h1-5,7-10,19,22-23H,6,11-17H2. The fraction of sp³-hybridized carbons (Fsp3) is 0.455. The maximum absolute atomic E-state index is 3.68. The van der Waals surface area contributed by atoms with E-state index in [2.05, 4.69) is 64.8 Å². The quantitative estimate of drug-likeness (QED) is 0.893. The summed E-state index contributed by atoms with van der Waals surface area (Å²) in [6.45, 7) is 4.70. The molecule has 0 radical (unpaired) electrons. The van der Waals surface area contributed by atoms with E-state index in [0.29, 0.717) is 6.04 Å². The van der Waals surface area contributed by atoms with Crippen LogP contribution in [0.4, 0.5) is 0 Å². The average molecular weight is 320 g/mol. The molecule has 2 nitrogen and oxygen atoms in total. The molecule has 0 aliphatic carbocycles. The van der Waals surface area contributed by atoms with E-state index >= 15 is 0 Å². The summed E-state index contributed by atoms with van der Waals surface area (Å²) in [5, 5.41) is 3.68. The second-order valence-corrected chi connectivity index (χ2v) is 7.31. The van der Waals surface area contributed by atoms with E-state index < -0.39 is 0 Å². The second-order valence-electron chi connectivity index (χ2n) is 7.31. The molecule has 2 heteroatoms. The Morgan fingerprint density at radius 2 is 1.54 bits per heavy atom. The molecule has 0 spiro atoms. The van der Waals surface area contributed by atoms with Gasteiger partial charge in [0.15, 0.2) is 0 Å². The molecule has 2 fully saturated rings. The molecule has 2 aliphatic heterocycles. The Bertz CT molecular complexity index is 638. The van der Waals surface area contributed by atoms with Gasteiger partial charge in [-0.1, -0.05) is 54.6 Å². The number of hydrogen-bond donors (Lipinski definition) is 1. The lowest BCUT2D eigenvalue weighted by Gasteiger charge is -2.33. The zero-order valence-corrected chi connectivity index (χ0v) is 14.5. The molecule has 0 saturated carbocycles. The first-order valence-corrected chi connectivity index (χ1v) is 9.48. The van der Waals surface area contributed by atoms with Gasteiger partial charge >= 0.3 is 0 Å². The minimum absolute atomic E-state index is 0.587. The lowest BCUT2D eigenvalue weighted by Crippen LogP contribution is -2.33. The van der Waals surface area contributed by atoms with E-state index in [1.165, 1.54) is 50.9 Å². The minimum Gasteiger partial charge on any atom is -0.310 e. The Morgan fingerprint density at radius 1 is 0.833 bits per heavy atom. The Labute approximate surface area is 145 Å². The van der Waals surface area contributed by atoms with Crippen LogP contribution in [-0.2, 0) is 6.54 Å². The largest absolute Gasteiger partial charge is 0.310 e. The number of rotatable bonds is 4. The molecule has 2 saturated heterocycles. The summed E-state index contributed by atoms with van der Waals surface area (Å²) in [5.74, 6) is 0.732. The van der Waals surface area contributed by atoms with Crippen molar-refractivity contribution in [2.75, 3.05) is 19.6 Å². The number of likely N-dealkylation sites (tertiary alicyclic amines) is 1. The highest BCUT2D eigenvalue weighted by Gasteiger charge is 2.26. The SMILES string of the molecule is c1ccc(CN2CCC(c3ccccc3C3CCCN3)CC2)cc1. The molecule has 1 atom stereocenters. The summed E-state index contributed by atoms with van der Waals surface area (Å²) < 4.78 is 0. The van der Waals surface area contributed by atoms with Crippen molar-refractivity contribution in [1.29, 1.82) is 0 Å². The van der Waals surface area contributed by atoms with Crippen LogP contribution in [0, 0.1) is 0 Å². The fourth-order valence-electron chi connectivity index (χ4n) is 4.39. The van der Waals surface area contributed by atoms with Gasteiger partial charge in [-0.3, -0.25) is 4.90 Å². The van der Waals surface area contributed by atoms with Crippen LogP contribution in [-0.4, -0.2) is 24.5 Å². The molecule has 0 bridgehead atoms. The summed E-state index contributed by atoms with van der Waals surface area (Å²) >= 11 is 0. The Morgan fingerprint density at radius 3 is 2.25 bits per heavy atom. The average Bonchev–Trinajstić information content (AvgIpc) is 3.18. The van der Waals surface area contributed by atoms with Crippen molar-refractivity contribution >= 4 is 0 Å². The number of piperidine rings is 1. The first kappa shape index (κ1) is 15.9. The van der Waals surface area contributed by atoms with Gasteiger partial charge in [-0.25, -0.2) is 0 Å². The highest BCUT2D eigenvalue weighted by Crippen LogP contribution is 2.35. The van der Waals surface area contributed by atoms with E-state index in [-0.39, 0.29) is 0 Å². The van der Waals surface area contributed by atoms with Gasteiger partial charge in [-0.2, -0.15) is 0 Å². The molecule has 24 heavy (non-hydrogen) atoms. The van der Waals surface area contributed by atoms with Crippen LogP contribution in [0.5, 0.6) is 0 Å². The highest BCUT2D eigenvalue weighted by molar-refractivity contribution is 5.34. The van der Waals surface area contributed by atoms with Gasteiger partial charge in [0.2, 0.25) is 0 Å². The van der Waals surface area contributed by atoms with Crippen LogP contribution in [0.2, 0.25) is 0 Å². The van der Waals surface area contributed by atoms with Crippen LogP contribution >= 0.6 is 0 Å². The molecular weight excluding hydrogens is 292 g/mol. The van der Waals surface area contributed by atoms with E-state index in [1.54, 1.807) is 11.1 Å². The number of nitrogens with one attached hydrogen (secondary N) is 1. The third-order valence-corrected chi connectivity index (χ3v) is 5.71. The third kappa shape index (κ3) is 3.55. The molecule has 2 heterocycles. The maximum atomic E-state index is 3.68. The first-order chi connectivity index (χ1) is 11.9. The molecule has 1 N–H and O–H groups in total. The topological polar surface area (TPSA) is 15.3 Å². The van der Waals surface area contributed by atoms with Crippen LogP contribution < -0.4 is 5.32 Å². The zero-order chi connectivity index (χ0) is 16.2. The number of nitrogens with zero attached hydrogens (tertiary/aromatic N) is 1. The number of benzene rings is 2. The van der Waals surface area contributed by atoms with Crippen LogP contribution in [0.25, 0.3) is 0 Å². The van der Waals surface area contributed by atoms with Crippen LogP contribution in [0.1, 0.15) is 54.3 Å². The van der Waals surface area contributed by atoms with Crippen molar-refractivity contribution in [1.82, 2.24) is 10.2 Å². The normalized spacial score (nSPS) is 22.8. The first-order valence-electron chi connectivity index (χ1n) is 9.48. The third-order valence-electron chi connectivity index (χ3n) is 5.71. The highest BCUT2D eigenvalue weighted by atomic mass is 15.1. The molecular formula is C22H28N2. The lowest BCUT2D eigenvalue weighted by molar-refractivity contribution is 0.204. The number of hydrogen-bond acceptors (Lipinski definition) is 2. The van der Waals surface area contributed by atoms with Crippen molar-refractivity contribution in [2.24, 2.45) is 0 Å². The molecule has 126 valence electrons. The monoisotopic (exact) mass is 320 g/mol. The lowest BCUT2D eigenvalue weighted by atomic mass is 9.84. The van der Waals surface area contributed by atoms with Gasteiger partial charge in [0.05, 0.1) is 0 Å². The van der Waals surface area contributed by atoms with Gasteiger partial charge in [-0.05, 0) is 67.9 Å². The predicted molar refractivity (Wildman–Crippen MR) is 100 cm³/mol. The van der Waals surface area contributed by atoms with Crippen molar-refractivity contribution in [2.45, 2.75) is 44.2 Å². The van der Waals surface area contributed by atoms with Crippen molar-refractivity contribution in [3.63, 3.8) is 0 Å². The Kier molecular flexibility index (Phi) is 4.96. The molecule has 4 rings (SSSR count). The van der Waals surface area contributed by atoms with Gasteiger partial charge < -0.3 is 5.32 Å². The van der Waals surface area contributed by atoms with E-state index in [9.17, 15) is 0 Å². The van der Waals surface area contributed by atoms with Crippen molar-refractivity contribution < 1.29 is 0 Å².